The van der Waals surface area contributed by atoms with Crippen molar-refractivity contribution in [3.05, 3.63) is 78.5 Å². The number of aromatic nitrogens is 2. The van der Waals surface area contributed by atoms with Gasteiger partial charge >= 0.3 is 0 Å². The Morgan fingerprint density at radius 3 is 2.32 bits per heavy atom. The summed E-state index contributed by atoms with van der Waals surface area (Å²) in [5.74, 6) is 2.55. The summed E-state index contributed by atoms with van der Waals surface area (Å²) in [4.78, 5) is 4.99. The predicted octanol–water partition coefficient (Wildman–Crippen LogP) is 6.19. The van der Waals surface area contributed by atoms with E-state index in [-0.39, 0.29) is 5.54 Å². The maximum absolute atomic E-state index is 6.16. The summed E-state index contributed by atoms with van der Waals surface area (Å²) in [5, 5.41) is 3.63. The van der Waals surface area contributed by atoms with Gasteiger partial charge in [-0.2, -0.15) is 0 Å². The van der Waals surface area contributed by atoms with Gasteiger partial charge in [0.05, 0.1) is 6.61 Å². The molecule has 0 unspecified atom stereocenters. The quantitative estimate of drug-likeness (QED) is 0.391. The molecule has 0 atom stereocenters. The van der Waals surface area contributed by atoms with Crippen LogP contribution in [-0.4, -0.2) is 21.5 Å². The molecule has 0 saturated heterocycles. The Morgan fingerprint density at radius 2 is 1.65 bits per heavy atom. The number of nitrogens with zero attached hydrogens (tertiary/aromatic N) is 2. The third-order valence-electron chi connectivity index (χ3n) is 4.78. The summed E-state index contributed by atoms with van der Waals surface area (Å²) in [5.41, 5.74) is 3.68. The standard InChI is InChI=1S/C26H29N3O2/c1-5-30-21-15-13-20(14-16-21)23-25(28-26(2,3)4)29-17-9-12-22(24(29)27-23)31-18-19-10-7-6-8-11-19/h6-17,28H,5,18H2,1-4H3. The van der Waals surface area contributed by atoms with Crippen molar-refractivity contribution >= 4 is 11.5 Å². The molecule has 5 nitrogen and oxygen atoms in total. The number of fused-ring (bicyclic) bond motifs is 1. The van der Waals surface area contributed by atoms with Crippen LogP contribution in [-0.2, 0) is 6.61 Å². The number of hydrogen-bond donors (Lipinski definition) is 1. The predicted molar refractivity (Wildman–Crippen MR) is 126 cm³/mol. The van der Waals surface area contributed by atoms with Crippen molar-refractivity contribution < 1.29 is 9.47 Å². The summed E-state index contributed by atoms with van der Waals surface area (Å²) in [6.45, 7) is 9.55. The third-order valence-corrected chi connectivity index (χ3v) is 4.78. The second-order valence-electron chi connectivity index (χ2n) is 8.48. The van der Waals surface area contributed by atoms with E-state index in [1.165, 1.54) is 0 Å². The first-order valence-corrected chi connectivity index (χ1v) is 10.6. The average Bonchev–Trinajstić information content (AvgIpc) is 3.11. The van der Waals surface area contributed by atoms with Gasteiger partial charge < -0.3 is 14.8 Å². The van der Waals surface area contributed by atoms with E-state index in [4.69, 9.17) is 14.5 Å². The van der Waals surface area contributed by atoms with E-state index < -0.39 is 0 Å². The fraction of sp³-hybridized carbons (Fsp3) is 0.269. The summed E-state index contributed by atoms with van der Waals surface area (Å²) in [6.07, 6.45) is 2.02. The molecule has 0 amide bonds. The number of nitrogens with one attached hydrogen (secondary N) is 1. The van der Waals surface area contributed by atoms with Gasteiger partial charge in [-0.15, -0.1) is 0 Å². The Bertz CT molecular complexity index is 1140. The van der Waals surface area contributed by atoms with Crippen LogP contribution in [0.5, 0.6) is 11.5 Å². The van der Waals surface area contributed by atoms with Crippen LogP contribution in [0.25, 0.3) is 16.9 Å². The summed E-state index contributed by atoms with van der Waals surface area (Å²) in [7, 11) is 0. The molecule has 0 aliphatic rings. The molecule has 0 aliphatic heterocycles. The number of imidazole rings is 1. The highest BCUT2D eigenvalue weighted by Crippen LogP contribution is 2.34. The number of anilines is 1. The lowest BCUT2D eigenvalue weighted by Crippen LogP contribution is -2.27. The normalized spacial score (nSPS) is 11.5. The van der Waals surface area contributed by atoms with Crippen LogP contribution in [0.1, 0.15) is 33.3 Å². The summed E-state index contributed by atoms with van der Waals surface area (Å²) >= 11 is 0. The second kappa shape index (κ2) is 8.72. The first-order chi connectivity index (χ1) is 14.9. The van der Waals surface area contributed by atoms with E-state index in [0.29, 0.717) is 13.2 Å². The minimum Gasteiger partial charge on any atom is -0.494 e. The van der Waals surface area contributed by atoms with Crippen LogP contribution in [0.2, 0.25) is 0 Å². The second-order valence-corrected chi connectivity index (χ2v) is 8.48. The van der Waals surface area contributed by atoms with Crippen LogP contribution in [0.15, 0.2) is 72.9 Å². The molecule has 2 heterocycles. The Morgan fingerprint density at radius 1 is 0.903 bits per heavy atom. The first kappa shape index (κ1) is 20.8. The zero-order valence-corrected chi connectivity index (χ0v) is 18.6. The molecule has 2 aromatic heterocycles. The molecule has 4 aromatic rings. The molecule has 0 bridgehead atoms. The fourth-order valence-corrected chi connectivity index (χ4v) is 3.44. The number of benzene rings is 2. The van der Waals surface area contributed by atoms with Gasteiger partial charge in [0.15, 0.2) is 11.4 Å². The highest BCUT2D eigenvalue weighted by Gasteiger charge is 2.21. The Kier molecular flexibility index (Phi) is 5.85. The van der Waals surface area contributed by atoms with E-state index in [0.717, 1.165) is 39.8 Å². The van der Waals surface area contributed by atoms with Crippen LogP contribution < -0.4 is 14.8 Å². The molecule has 0 spiro atoms. The lowest BCUT2D eigenvalue weighted by atomic mass is 10.1. The van der Waals surface area contributed by atoms with Crippen LogP contribution in [0.4, 0.5) is 5.82 Å². The van der Waals surface area contributed by atoms with Crippen molar-refractivity contribution in [2.24, 2.45) is 0 Å². The number of rotatable bonds is 7. The average molecular weight is 416 g/mol. The van der Waals surface area contributed by atoms with Gasteiger partial charge in [-0.25, -0.2) is 4.98 Å². The Hall–Kier alpha value is -3.47. The lowest BCUT2D eigenvalue weighted by Gasteiger charge is -2.22. The van der Waals surface area contributed by atoms with Crippen LogP contribution in [0.3, 0.4) is 0 Å². The lowest BCUT2D eigenvalue weighted by molar-refractivity contribution is 0.308. The fourth-order valence-electron chi connectivity index (χ4n) is 3.44. The molecule has 0 aliphatic carbocycles. The van der Waals surface area contributed by atoms with Crippen molar-refractivity contribution in [3.8, 4) is 22.8 Å². The highest BCUT2D eigenvalue weighted by molar-refractivity contribution is 5.79. The van der Waals surface area contributed by atoms with Gasteiger partial charge in [0, 0.05) is 17.3 Å². The maximum Gasteiger partial charge on any atom is 0.181 e. The molecule has 31 heavy (non-hydrogen) atoms. The van der Waals surface area contributed by atoms with E-state index in [9.17, 15) is 0 Å². The number of ether oxygens (including phenoxy) is 2. The minimum absolute atomic E-state index is 0.128. The third kappa shape index (κ3) is 4.82. The zero-order valence-electron chi connectivity index (χ0n) is 18.6. The van der Waals surface area contributed by atoms with Gasteiger partial charge in [0.1, 0.15) is 23.9 Å². The molecule has 1 N–H and O–H groups in total. The van der Waals surface area contributed by atoms with Crippen molar-refractivity contribution in [2.45, 2.75) is 39.8 Å². The van der Waals surface area contributed by atoms with E-state index in [1.807, 2.05) is 67.7 Å². The molecule has 0 saturated carbocycles. The van der Waals surface area contributed by atoms with Crippen molar-refractivity contribution in [1.29, 1.82) is 0 Å². The largest absolute Gasteiger partial charge is 0.494 e. The highest BCUT2D eigenvalue weighted by atomic mass is 16.5. The molecule has 4 rings (SSSR count). The van der Waals surface area contributed by atoms with Gasteiger partial charge in [-0.05, 0) is 69.7 Å². The molecule has 2 aromatic carbocycles. The molecule has 0 fully saturated rings. The maximum atomic E-state index is 6.16. The van der Waals surface area contributed by atoms with Crippen LogP contribution in [0, 0.1) is 0 Å². The smallest absolute Gasteiger partial charge is 0.181 e. The zero-order chi connectivity index (χ0) is 21.8. The topological polar surface area (TPSA) is 47.8 Å². The van der Waals surface area contributed by atoms with E-state index in [1.54, 1.807) is 0 Å². The van der Waals surface area contributed by atoms with E-state index >= 15 is 0 Å². The van der Waals surface area contributed by atoms with Crippen molar-refractivity contribution in [1.82, 2.24) is 9.38 Å². The Labute approximate surface area is 183 Å². The molecule has 5 heteroatoms. The molecular weight excluding hydrogens is 386 g/mol. The van der Waals surface area contributed by atoms with Crippen molar-refractivity contribution in [2.75, 3.05) is 11.9 Å². The SMILES string of the molecule is CCOc1ccc(-c2nc3c(OCc4ccccc4)cccn3c2NC(C)(C)C)cc1. The van der Waals surface area contributed by atoms with Gasteiger partial charge in [-0.1, -0.05) is 30.3 Å². The minimum atomic E-state index is -0.128. The van der Waals surface area contributed by atoms with Gasteiger partial charge in [-0.3, -0.25) is 4.40 Å². The van der Waals surface area contributed by atoms with Crippen LogP contribution >= 0.6 is 0 Å². The van der Waals surface area contributed by atoms with E-state index in [2.05, 4.69) is 42.6 Å². The molecular formula is C26H29N3O2. The summed E-state index contributed by atoms with van der Waals surface area (Å²) in [6, 6.07) is 22.2. The Balaban J connectivity index is 1.76. The first-order valence-electron chi connectivity index (χ1n) is 10.6. The number of hydrogen-bond acceptors (Lipinski definition) is 4. The molecule has 160 valence electrons. The monoisotopic (exact) mass is 415 g/mol. The van der Waals surface area contributed by atoms with Gasteiger partial charge in [0.25, 0.3) is 0 Å². The van der Waals surface area contributed by atoms with Gasteiger partial charge in [0.2, 0.25) is 0 Å². The van der Waals surface area contributed by atoms with Crippen molar-refractivity contribution in [3.63, 3.8) is 0 Å². The number of pyridine rings is 1. The summed E-state index contributed by atoms with van der Waals surface area (Å²) < 4.78 is 13.8. The molecule has 0 radical (unpaired) electrons.